The molecule has 2 aliphatic rings. The molecule has 2 aromatic heterocycles. The van der Waals surface area contributed by atoms with Crippen molar-refractivity contribution in [1.29, 1.82) is 0 Å². The van der Waals surface area contributed by atoms with Crippen LogP contribution in [-0.2, 0) is 11.3 Å². The molecule has 28 heavy (non-hydrogen) atoms. The van der Waals surface area contributed by atoms with Crippen molar-refractivity contribution in [2.75, 3.05) is 13.1 Å². The molecule has 3 unspecified atom stereocenters. The summed E-state index contributed by atoms with van der Waals surface area (Å²) in [4.78, 5) is 27.9. The Hall–Kier alpha value is -3.08. The SMILES string of the molecule is O=C(C(c1ccccc1)n1cccc1)N1CC2CC(C1)c1cccc(=O)n1C2. The largest absolute Gasteiger partial charge is 0.340 e. The minimum absolute atomic E-state index is 0.0708. The number of piperidine rings is 1. The van der Waals surface area contributed by atoms with E-state index in [1.807, 2.05) is 81.0 Å². The van der Waals surface area contributed by atoms with E-state index in [2.05, 4.69) is 0 Å². The molecule has 5 rings (SSSR count). The Labute approximate surface area is 163 Å². The molecular formula is C23H23N3O2. The van der Waals surface area contributed by atoms with Gasteiger partial charge in [-0.05, 0) is 36.1 Å². The fraction of sp³-hybridized carbons (Fsp3) is 0.304. The molecular weight excluding hydrogens is 350 g/mol. The second-order valence-corrected chi connectivity index (χ2v) is 7.88. The Kier molecular flexibility index (Phi) is 4.15. The second-order valence-electron chi connectivity index (χ2n) is 7.88. The highest BCUT2D eigenvalue weighted by Gasteiger charge is 2.38. The van der Waals surface area contributed by atoms with E-state index >= 15 is 0 Å². The topological polar surface area (TPSA) is 47.2 Å². The van der Waals surface area contributed by atoms with Crippen LogP contribution in [0.2, 0.25) is 0 Å². The smallest absolute Gasteiger partial charge is 0.250 e. The number of likely N-dealkylation sites (tertiary alicyclic amines) is 1. The maximum Gasteiger partial charge on any atom is 0.250 e. The van der Waals surface area contributed by atoms with E-state index in [4.69, 9.17) is 0 Å². The zero-order chi connectivity index (χ0) is 19.1. The lowest BCUT2D eigenvalue weighted by molar-refractivity contribution is -0.136. The van der Waals surface area contributed by atoms with Crippen LogP contribution < -0.4 is 5.56 Å². The Morgan fingerprint density at radius 2 is 1.68 bits per heavy atom. The third-order valence-electron chi connectivity index (χ3n) is 6.07. The van der Waals surface area contributed by atoms with E-state index in [9.17, 15) is 9.59 Å². The fourth-order valence-electron chi connectivity index (χ4n) is 4.85. The molecule has 1 fully saturated rings. The van der Waals surface area contributed by atoms with Crippen LogP contribution in [0.5, 0.6) is 0 Å². The minimum Gasteiger partial charge on any atom is -0.340 e. The summed E-state index contributed by atoms with van der Waals surface area (Å²) in [7, 11) is 0. The zero-order valence-corrected chi connectivity index (χ0v) is 15.6. The number of hydrogen-bond acceptors (Lipinski definition) is 2. The average molecular weight is 373 g/mol. The molecule has 2 aliphatic heterocycles. The maximum absolute atomic E-state index is 13.6. The van der Waals surface area contributed by atoms with Gasteiger partial charge in [0.15, 0.2) is 0 Å². The van der Waals surface area contributed by atoms with Gasteiger partial charge in [-0.1, -0.05) is 36.4 Å². The number of benzene rings is 1. The van der Waals surface area contributed by atoms with Gasteiger partial charge in [0.05, 0.1) is 0 Å². The summed E-state index contributed by atoms with van der Waals surface area (Å²) in [5.41, 5.74) is 2.14. The lowest BCUT2D eigenvalue weighted by Gasteiger charge is -2.43. The van der Waals surface area contributed by atoms with E-state index in [0.717, 1.165) is 17.7 Å². The summed E-state index contributed by atoms with van der Waals surface area (Å²) < 4.78 is 3.89. The van der Waals surface area contributed by atoms with Gasteiger partial charge in [-0.2, -0.15) is 0 Å². The zero-order valence-electron chi connectivity index (χ0n) is 15.6. The van der Waals surface area contributed by atoms with E-state index < -0.39 is 0 Å². The first-order valence-corrected chi connectivity index (χ1v) is 9.86. The summed E-state index contributed by atoms with van der Waals surface area (Å²) in [6.07, 6.45) is 4.96. The van der Waals surface area contributed by atoms with Crippen LogP contribution >= 0.6 is 0 Å². The van der Waals surface area contributed by atoms with Crippen LogP contribution in [0.15, 0.2) is 77.9 Å². The van der Waals surface area contributed by atoms with E-state index in [0.29, 0.717) is 25.6 Å². The Morgan fingerprint density at radius 3 is 2.46 bits per heavy atom. The van der Waals surface area contributed by atoms with Gasteiger partial charge in [-0.3, -0.25) is 9.59 Å². The van der Waals surface area contributed by atoms with Gasteiger partial charge in [0, 0.05) is 49.7 Å². The fourth-order valence-corrected chi connectivity index (χ4v) is 4.85. The van der Waals surface area contributed by atoms with Crippen LogP contribution in [-0.4, -0.2) is 33.0 Å². The van der Waals surface area contributed by atoms with Gasteiger partial charge < -0.3 is 14.0 Å². The quantitative estimate of drug-likeness (QED) is 0.709. The predicted molar refractivity (Wildman–Crippen MR) is 107 cm³/mol. The predicted octanol–water partition coefficient (Wildman–Crippen LogP) is 2.89. The van der Waals surface area contributed by atoms with Gasteiger partial charge >= 0.3 is 0 Å². The average Bonchev–Trinajstić information content (AvgIpc) is 3.24. The number of nitrogens with zero attached hydrogens (tertiary/aromatic N) is 3. The number of carbonyl (C=O) groups excluding carboxylic acids is 1. The standard InChI is InChI=1S/C23H23N3O2/c27-21-10-6-9-20-19-13-17(15-26(20)21)14-25(16-19)23(28)22(24-11-4-5-12-24)18-7-2-1-3-8-18/h1-12,17,19,22H,13-16H2. The normalized spacial score (nSPS) is 21.8. The third-order valence-corrected chi connectivity index (χ3v) is 6.07. The molecule has 5 heteroatoms. The van der Waals surface area contributed by atoms with Crippen molar-refractivity contribution in [1.82, 2.24) is 14.0 Å². The summed E-state index contributed by atoms with van der Waals surface area (Å²) in [6, 6.07) is 19.0. The van der Waals surface area contributed by atoms with Gasteiger partial charge in [0.2, 0.25) is 5.91 Å². The lowest BCUT2D eigenvalue weighted by atomic mass is 9.82. The monoisotopic (exact) mass is 373 g/mol. The van der Waals surface area contributed by atoms with Crippen LogP contribution in [0.3, 0.4) is 0 Å². The number of carbonyl (C=O) groups is 1. The first kappa shape index (κ1) is 17.0. The Morgan fingerprint density at radius 1 is 0.893 bits per heavy atom. The van der Waals surface area contributed by atoms with Crippen molar-refractivity contribution >= 4 is 5.91 Å². The van der Waals surface area contributed by atoms with Gasteiger partial charge in [0.1, 0.15) is 6.04 Å². The van der Waals surface area contributed by atoms with Crippen molar-refractivity contribution in [2.45, 2.75) is 24.9 Å². The van der Waals surface area contributed by atoms with Crippen LogP contribution in [0.25, 0.3) is 0 Å². The molecule has 0 saturated carbocycles. The minimum atomic E-state index is -0.354. The van der Waals surface area contributed by atoms with Crippen molar-refractivity contribution in [2.24, 2.45) is 5.92 Å². The van der Waals surface area contributed by atoms with Crippen LogP contribution in [0, 0.1) is 5.92 Å². The van der Waals surface area contributed by atoms with Gasteiger partial charge in [-0.25, -0.2) is 0 Å². The van der Waals surface area contributed by atoms with Crippen molar-refractivity contribution in [3.63, 3.8) is 0 Å². The molecule has 1 aromatic carbocycles. The van der Waals surface area contributed by atoms with E-state index in [1.54, 1.807) is 6.07 Å². The second kappa shape index (κ2) is 6.82. The molecule has 142 valence electrons. The molecule has 5 nitrogen and oxygen atoms in total. The summed E-state index contributed by atoms with van der Waals surface area (Å²) in [6.45, 7) is 2.08. The van der Waals surface area contributed by atoms with E-state index in [-0.39, 0.29) is 23.4 Å². The summed E-state index contributed by atoms with van der Waals surface area (Å²) in [5.74, 6) is 0.687. The van der Waals surface area contributed by atoms with Crippen LogP contribution in [0.1, 0.15) is 29.6 Å². The highest BCUT2D eigenvalue weighted by atomic mass is 16.2. The molecule has 0 N–H and O–H groups in total. The summed E-state index contributed by atoms with van der Waals surface area (Å²) >= 11 is 0. The highest BCUT2D eigenvalue weighted by molar-refractivity contribution is 5.84. The number of amides is 1. The number of fused-ring (bicyclic) bond motifs is 4. The lowest BCUT2D eigenvalue weighted by Crippen LogP contribution is -2.50. The molecule has 1 amide bonds. The molecule has 4 heterocycles. The van der Waals surface area contributed by atoms with Crippen molar-refractivity contribution < 1.29 is 4.79 Å². The summed E-state index contributed by atoms with van der Waals surface area (Å²) in [5, 5.41) is 0. The molecule has 3 aromatic rings. The molecule has 0 radical (unpaired) electrons. The molecule has 0 aliphatic carbocycles. The molecule has 3 atom stereocenters. The van der Waals surface area contributed by atoms with Gasteiger partial charge in [0.25, 0.3) is 5.56 Å². The van der Waals surface area contributed by atoms with Crippen molar-refractivity contribution in [3.8, 4) is 0 Å². The van der Waals surface area contributed by atoms with E-state index in [1.165, 1.54) is 0 Å². The number of pyridine rings is 1. The molecule has 2 bridgehead atoms. The number of hydrogen-bond donors (Lipinski definition) is 0. The van der Waals surface area contributed by atoms with Crippen molar-refractivity contribution in [3.05, 3.63) is 94.7 Å². The van der Waals surface area contributed by atoms with Crippen LogP contribution in [0.4, 0.5) is 0 Å². The Balaban J connectivity index is 1.48. The number of rotatable bonds is 3. The highest BCUT2D eigenvalue weighted by Crippen LogP contribution is 2.36. The maximum atomic E-state index is 13.6. The molecule has 1 saturated heterocycles. The first-order valence-electron chi connectivity index (χ1n) is 9.86. The molecule has 0 spiro atoms. The first-order chi connectivity index (χ1) is 13.7. The van der Waals surface area contributed by atoms with Gasteiger partial charge in [-0.15, -0.1) is 0 Å². The third kappa shape index (κ3) is 2.87. The number of aromatic nitrogens is 2. The Bertz CT molecular complexity index is 1040.